The minimum Gasteiger partial charge on any atom is -0.304 e. The third kappa shape index (κ3) is 1.88. The van der Waals surface area contributed by atoms with Crippen molar-refractivity contribution in [1.29, 1.82) is 0 Å². The molecule has 0 aliphatic heterocycles. The van der Waals surface area contributed by atoms with Crippen LogP contribution in [0.15, 0.2) is 35.2 Å². The molecule has 1 heterocycles. The van der Waals surface area contributed by atoms with Gasteiger partial charge in [0.1, 0.15) is 0 Å². The molecule has 1 aromatic heterocycles. The second-order valence-electron chi connectivity index (χ2n) is 4.15. The normalized spacial score (nSPS) is 18.6. The van der Waals surface area contributed by atoms with Crippen LogP contribution in [0.5, 0.6) is 0 Å². The lowest BCUT2D eigenvalue weighted by Crippen LogP contribution is -2.18. The van der Waals surface area contributed by atoms with Gasteiger partial charge in [0.15, 0.2) is 0 Å². The van der Waals surface area contributed by atoms with Gasteiger partial charge in [-0.05, 0) is 24.0 Å². The van der Waals surface area contributed by atoms with E-state index < -0.39 is 0 Å². The molecule has 1 atom stereocenters. The van der Waals surface area contributed by atoms with Gasteiger partial charge in [-0.3, -0.25) is 0 Å². The number of thiazole rings is 1. The third-order valence-corrected chi connectivity index (χ3v) is 3.78. The topological polar surface area (TPSA) is 24.9 Å². The van der Waals surface area contributed by atoms with Crippen LogP contribution in [0.2, 0.25) is 0 Å². The number of aryl methyl sites for hydroxylation is 1. The van der Waals surface area contributed by atoms with Gasteiger partial charge in [0.25, 0.3) is 0 Å². The molecular weight excluding hydrogens is 216 g/mol. The average molecular weight is 230 g/mol. The SMILES string of the molecule is c1ccc2c(c1)CCC2NCc1cscn1. The molecule has 2 nitrogen and oxygen atoms in total. The Morgan fingerprint density at radius 3 is 3.19 bits per heavy atom. The lowest BCUT2D eigenvalue weighted by molar-refractivity contribution is 0.526. The Bertz CT molecular complexity index is 465. The van der Waals surface area contributed by atoms with Crippen LogP contribution >= 0.6 is 11.3 Å². The first kappa shape index (κ1) is 10.00. The van der Waals surface area contributed by atoms with Crippen molar-refractivity contribution in [2.75, 3.05) is 0 Å². The van der Waals surface area contributed by atoms with E-state index in [-0.39, 0.29) is 0 Å². The van der Waals surface area contributed by atoms with Crippen molar-refractivity contribution in [3.8, 4) is 0 Å². The fourth-order valence-electron chi connectivity index (χ4n) is 2.32. The van der Waals surface area contributed by atoms with Crippen LogP contribution in [0.25, 0.3) is 0 Å². The molecule has 82 valence electrons. The highest BCUT2D eigenvalue weighted by atomic mass is 32.1. The van der Waals surface area contributed by atoms with E-state index in [2.05, 4.69) is 39.9 Å². The molecule has 1 aliphatic rings. The van der Waals surface area contributed by atoms with E-state index in [1.54, 1.807) is 11.3 Å². The van der Waals surface area contributed by atoms with Gasteiger partial charge in [-0.2, -0.15) is 0 Å². The number of fused-ring (bicyclic) bond motifs is 1. The maximum Gasteiger partial charge on any atom is 0.0795 e. The first-order valence-corrected chi connectivity index (χ1v) is 6.56. The third-order valence-electron chi connectivity index (χ3n) is 3.15. The van der Waals surface area contributed by atoms with Crippen molar-refractivity contribution in [2.24, 2.45) is 0 Å². The maximum absolute atomic E-state index is 4.29. The number of hydrogen-bond donors (Lipinski definition) is 1. The van der Waals surface area contributed by atoms with E-state index in [0.717, 1.165) is 12.2 Å². The predicted octanol–water partition coefficient (Wildman–Crippen LogP) is 2.92. The van der Waals surface area contributed by atoms with Gasteiger partial charge >= 0.3 is 0 Å². The zero-order chi connectivity index (χ0) is 10.8. The molecule has 3 rings (SSSR count). The van der Waals surface area contributed by atoms with Crippen LogP contribution < -0.4 is 5.32 Å². The van der Waals surface area contributed by atoms with Crippen molar-refractivity contribution < 1.29 is 0 Å². The summed E-state index contributed by atoms with van der Waals surface area (Å²) in [5.74, 6) is 0. The molecule has 1 aromatic carbocycles. The van der Waals surface area contributed by atoms with Crippen molar-refractivity contribution in [3.63, 3.8) is 0 Å². The number of hydrogen-bond acceptors (Lipinski definition) is 3. The summed E-state index contributed by atoms with van der Waals surface area (Å²) in [5.41, 5.74) is 6.00. The maximum atomic E-state index is 4.29. The Morgan fingerprint density at radius 1 is 1.38 bits per heavy atom. The Labute approximate surface area is 99.4 Å². The highest BCUT2D eigenvalue weighted by Gasteiger charge is 2.20. The number of nitrogens with one attached hydrogen (secondary N) is 1. The van der Waals surface area contributed by atoms with Gasteiger partial charge in [-0.1, -0.05) is 24.3 Å². The summed E-state index contributed by atoms with van der Waals surface area (Å²) >= 11 is 1.66. The predicted molar refractivity (Wildman–Crippen MR) is 66.5 cm³/mol. The molecule has 16 heavy (non-hydrogen) atoms. The van der Waals surface area contributed by atoms with Crippen molar-refractivity contribution in [3.05, 3.63) is 52.0 Å². The summed E-state index contributed by atoms with van der Waals surface area (Å²) in [6, 6.07) is 9.24. The molecule has 0 saturated heterocycles. The molecule has 0 spiro atoms. The van der Waals surface area contributed by atoms with Gasteiger partial charge < -0.3 is 5.32 Å². The minimum atomic E-state index is 0.512. The van der Waals surface area contributed by atoms with Gasteiger partial charge in [-0.15, -0.1) is 11.3 Å². The van der Waals surface area contributed by atoms with Crippen LogP contribution in [-0.2, 0) is 13.0 Å². The molecule has 1 N–H and O–H groups in total. The molecule has 0 bridgehead atoms. The van der Waals surface area contributed by atoms with Crippen LogP contribution in [0.1, 0.15) is 29.3 Å². The highest BCUT2D eigenvalue weighted by molar-refractivity contribution is 7.07. The van der Waals surface area contributed by atoms with Crippen LogP contribution in [0.4, 0.5) is 0 Å². The first-order valence-electron chi connectivity index (χ1n) is 5.62. The lowest BCUT2D eigenvalue weighted by Gasteiger charge is -2.12. The minimum absolute atomic E-state index is 0.512. The summed E-state index contributed by atoms with van der Waals surface area (Å²) in [7, 11) is 0. The van der Waals surface area contributed by atoms with E-state index >= 15 is 0 Å². The Hall–Kier alpha value is -1.19. The second-order valence-corrected chi connectivity index (χ2v) is 4.87. The Balaban J connectivity index is 1.69. The van der Waals surface area contributed by atoms with E-state index in [9.17, 15) is 0 Å². The number of aromatic nitrogens is 1. The zero-order valence-electron chi connectivity index (χ0n) is 9.02. The quantitative estimate of drug-likeness (QED) is 0.877. The van der Waals surface area contributed by atoms with Crippen molar-refractivity contribution >= 4 is 11.3 Å². The second kappa shape index (κ2) is 4.36. The smallest absolute Gasteiger partial charge is 0.0795 e. The molecule has 1 aliphatic carbocycles. The molecule has 1 unspecified atom stereocenters. The van der Waals surface area contributed by atoms with Crippen molar-refractivity contribution in [2.45, 2.75) is 25.4 Å². The monoisotopic (exact) mass is 230 g/mol. The summed E-state index contributed by atoms with van der Waals surface area (Å²) in [5, 5.41) is 5.69. The van der Waals surface area contributed by atoms with Gasteiger partial charge in [0.05, 0.1) is 11.2 Å². The molecular formula is C13H14N2S. The first-order chi connectivity index (χ1) is 7.93. The average Bonchev–Trinajstić information content (AvgIpc) is 2.96. The number of nitrogens with zero attached hydrogens (tertiary/aromatic N) is 1. The number of benzene rings is 1. The van der Waals surface area contributed by atoms with Gasteiger partial charge in [-0.25, -0.2) is 4.98 Å². The summed E-state index contributed by atoms with van der Waals surface area (Å²) < 4.78 is 0. The molecule has 3 heteroatoms. The lowest BCUT2D eigenvalue weighted by atomic mass is 10.1. The Kier molecular flexibility index (Phi) is 2.72. The van der Waals surface area contributed by atoms with E-state index in [4.69, 9.17) is 0 Å². The van der Waals surface area contributed by atoms with Crippen molar-refractivity contribution in [1.82, 2.24) is 10.3 Å². The molecule has 0 amide bonds. The van der Waals surface area contributed by atoms with Gasteiger partial charge in [0.2, 0.25) is 0 Å². The molecule has 0 radical (unpaired) electrons. The van der Waals surface area contributed by atoms with E-state index in [1.165, 1.54) is 24.0 Å². The molecule has 0 fully saturated rings. The van der Waals surface area contributed by atoms with Crippen LogP contribution in [0.3, 0.4) is 0 Å². The van der Waals surface area contributed by atoms with Crippen LogP contribution in [-0.4, -0.2) is 4.98 Å². The fraction of sp³-hybridized carbons (Fsp3) is 0.308. The summed E-state index contributed by atoms with van der Waals surface area (Å²) in [6.07, 6.45) is 2.41. The highest BCUT2D eigenvalue weighted by Crippen LogP contribution is 2.30. The fourth-order valence-corrected chi connectivity index (χ4v) is 2.88. The largest absolute Gasteiger partial charge is 0.304 e. The molecule has 2 aromatic rings. The number of rotatable bonds is 3. The van der Waals surface area contributed by atoms with Gasteiger partial charge in [0, 0.05) is 18.0 Å². The zero-order valence-corrected chi connectivity index (χ0v) is 9.83. The van der Waals surface area contributed by atoms with Crippen LogP contribution in [0, 0.1) is 0 Å². The molecule has 0 saturated carbocycles. The summed E-state index contributed by atoms with van der Waals surface area (Å²) in [4.78, 5) is 4.29. The summed E-state index contributed by atoms with van der Waals surface area (Å²) in [6.45, 7) is 0.877. The van der Waals surface area contributed by atoms with E-state index in [1.807, 2.05) is 5.51 Å². The van der Waals surface area contributed by atoms with E-state index in [0.29, 0.717) is 6.04 Å². The Morgan fingerprint density at radius 2 is 2.31 bits per heavy atom. The standard InChI is InChI=1S/C13H14N2S/c1-2-4-12-10(3-1)5-6-13(12)14-7-11-8-16-9-15-11/h1-4,8-9,13-14H,5-7H2.